The normalized spacial score (nSPS) is 17.7. The van der Waals surface area contributed by atoms with Crippen LogP contribution >= 0.6 is 0 Å². The Balaban J connectivity index is 1.43. The molecule has 2 heterocycles. The summed E-state index contributed by atoms with van der Waals surface area (Å²) in [5.41, 5.74) is 2.36. The maximum Gasteiger partial charge on any atom is 0.222 e. The summed E-state index contributed by atoms with van der Waals surface area (Å²) in [6, 6.07) is 10.3. The zero-order chi connectivity index (χ0) is 23.4. The predicted octanol–water partition coefficient (Wildman–Crippen LogP) is 3.41. The van der Waals surface area contributed by atoms with E-state index >= 15 is 0 Å². The van der Waals surface area contributed by atoms with Crippen LogP contribution in [0.3, 0.4) is 0 Å². The Kier molecular flexibility index (Phi) is 6.53. The Bertz CT molecular complexity index is 1190. The number of amides is 2. The van der Waals surface area contributed by atoms with Gasteiger partial charge in [-0.3, -0.25) is 19.6 Å². The summed E-state index contributed by atoms with van der Waals surface area (Å²) in [6.07, 6.45) is 5.20. The second-order valence-corrected chi connectivity index (χ2v) is 8.59. The van der Waals surface area contributed by atoms with Crippen molar-refractivity contribution in [1.82, 2.24) is 20.2 Å². The van der Waals surface area contributed by atoms with Crippen LogP contribution in [0.25, 0.3) is 11.0 Å². The molecule has 0 aliphatic carbocycles. The fraction of sp³-hybridized carbons (Fsp3) is 0.360. The van der Waals surface area contributed by atoms with Gasteiger partial charge in [0.25, 0.3) is 0 Å². The van der Waals surface area contributed by atoms with Gasteiger partial charge in [-0.25, -0.2) is 4.39 Å². The monoisotopic (exact) mass is 450 g/mol. The number of aromatic nitrogens is 2. The van der Waals surface area contributed by atoms with Gasteiger partial charge in [-0.1, -0.05) is 6.07 Å². The number of hydrogen-bond acceptors (Lipinski definition) is 5. The van der Waals surface area contributed by atoms with Crippen LogP contribution in [-0.4, -0.2) is 46.4 Å². The molecule has 0 radical (unpaired) electrons. The van der Waals surface area contributed by atoms with Crippen LogP contribution in [-0.2, 0) is 22.6 Å². The minimum atomic E-state index is -0.653. The highest BCUT2D eigenvalue weighted by Gasteiger charge is 2.38. The van der Waals surface area contributed by atoms with Gasteiger partial charge in [0.05, 0.1) is 18.1 Å². The SMILES string of the molecule is COc1ccc(F)c(CC2(CCC(=O)N(C)Cc3ccc4nccnc4c3)CCC(=O)N2)c1. The standard InChI is InChI=1S/C25H27FN4O3/c1-30(16-17-3-6-21-22(13-17)28-12-11-27-21)24(32)8-10-25(9-7-23(31)29-25)15-18-14-19(33-2)4-5-20(18)26/h3-6,11-14H,7-10,15-16H2,1-2H3,(H,29,31). The fourth-order valence-electron chi connectivity index (χ4n) is 4.37. The van der Waals surface area contributed by atoms with Gasteiger partial charge in [0.2, 0.25) is 11.8 Å². The van der Waals surface area contributed by atoms with Crippen molar-refractivity contribution in [1.29, 1.82) is 0 Å². The molecule has 3 aromatic rings. The van der Waals surface area contributed by atoms with Gasteiger partial charge in [-0.15, -0.1) is 0 Å². The molecule has 1 unspecified atom stereocenters. The van der Waals surface area contributed by atoms with E-state index in [4.69, 9.17) is 4.74 Å². The topological polar surface area (TPSA) is 84.4 Å². The van der Waals surface area contributed by atoms with Gasteiger partial charge in [0, 0.05) is 44.4 Å². The molecule has 1 aromatic heterocycles. The first-order valence-electron chi connectivity index (χ1n) is 10.9. The molecule has 0 bridgehead atoms. The average molecular weight is 451 g/mol. The van der Waals surface area contributed by atoms with Crippen molar-refractivity contribution in [2.75, 3.05) is 14.2 Å². The molecule has 1 saturated heterocycles. The lowest BCUT2D eigenvalue weighted by atomic mass is 9.84. The molecule has 7 nitrogen and oxygen atoms in total. The Morgan fingerprint density at radius 1 is 1.18 bits per heavy atom. The number of nitrogens with zero attached hydrogens (tertiary/aromatic N) is 3. The number of nitrogens with one attached hydrogen (secondary N) is 1. The van der Waals surface area contributed by atoms with Crippen molar-refractivity contribution in [2.45, 2.75) is 44.2 Å². The number of benzene rings is 2. The quantitative estimate of drug-likeness (QED) is 0.569. The van der Waals surface area contributed by atoms with Crippen molar-refractivity contribution in [3.8, 4) is 5.75 Å². The van der Waals surface area contributed by atoms with Gasteiger partial charge in [0.1, 0.15) is 11.6 Å². The van der Waals surface area contributed by atoms with Crippen LogP contribution in [0, 0.1) is 5.82 Å². The smallest absolute Gasteiger partial charge is 0.222 e. The number of halogens is 1. The number of rotatable bonds is 8. The summed E-state index contributed by atoms with van der Waals surface area (Å²) in [5.74, 6) is 0.0955. The van der Waals surface area contributed by atoms with Crippen molar-refractivity contribution < 1.29 is 18.7 Å². The highest BCUT2D eigenvalue weighted by atomic mass is 19.1. The minimum absolute atomic E-state index is 0.0409. The van der Waals surface area contributed by atoms with Crippen molar-refractivity contribution in [3.63, 3.8) is 0 Å². The molecule has 1 fully saturated rings. The molecule has 1 N–H and O–H groups in total. The molecule has 8 heteroatoms. The molecular weight excluding hydrogens is 423 g/mol. The molecule has 0 saturated carbocycles. The van der Waals surface area contributed by atoms with Crippen LogP contribution in [0.1, 0.15) is 36.8 Å². The van der Waals surface area contributed by atoms with E-state index in [9.17, 15) is 14.0 Å². The second-order valence-electron chi connectivity index (χ2n) is 8.59. The van der Waals surface area contributed by atoms with Gasteiger partial charge in [0.15, 0.2) is 0 Å². The first-order valence-corrected chi connectivity index (χ1v) is 10.9. The van der Waals surface area contributed by atoms with Crippen LogP contribution in [0.4, 0.5) is 4.39 Å². The molecule has 33 heavy (non-hydrogen) atoms. The first kappa shape index (κ1) is 22.6. The summed E-state index contributed by atoms with van der Waals surface area (Å²) in [5, 5.41) is 3.01. The summed E-state index contributed by atoms with van der Waals surface area (Å²) in [7, 11) is 3.28. The largest absolute Gasteiger partial charge is 0.497 e. The van der Waals surface area contributed by atoms with Crippen molar-refractivity contribution in [3.05, 3.63) is 65.7 Å². The highest BCUT2D eigenvalue weighted by Crippen LogP contribution is 2.32. The maximum absolute atomic E-state index is 14.5. The van der Waals surface area contributed by atoms with Crippen LogP contribution < -0.4 is 10.1 Å². The second kappa shape index (κ2) is 9.52. The molecular formula is C25H27FN4O3. The lowest BCUT2D eigenvalue weighted by Crippen LogP contribution is -2.44. The molecule has 2 amide bonds. The van der Waals surface area contributed by atoms with Crippen LogP contribution in [0.5, 0.6) is 5.75 Å². The van der Waals surface area contributed by atoms with Crippen LogP contribution in [0.15, 0.2) is 48.8 Å². The molecule has 1 atom stereocenters. The lowest BCUT2D eigenvalue weighted by molar-refractivity contribution is -0.131. The van der Waals surface area contributed by atoms with E-state index in [1.54, 1.807) is 36.5 Å². The van der Waals surface area contributed by atoms with E-state index in [1.807, 2.05) is 18.2 Å². The van der Waals surface area contributed by atoms with Crippen molar-refractivity contribution in [2.24, 2.45) is 0 Å². The Morgan fingerprint density at radius 3 is 2.70 bits per heavy atom. The molecule has 1 aliphatic rings. The van der Waals surface area contributed by atoms with Crippen molar-refractivity contribution >= 4 is 22.8 Å². The van der Waals surface area contributed by atoms with Gasteiger partial charge < -0.3 is 15.0 Å². The van der Waals surface area contributed by atoms with E-state index in [2.05, 4.69) is 15.3 Å². The molecule has 4 rings (SSSR count). The number of hydrogen-bond donors (Lipinski definition) is 1. The van der Waals surface area contributed by atoms with E-state index in [0.29, 0.717) is 43.5 Å². The number of methoxy groups -OCH3 is 1. The third-order valence-electron chi connectivity index (χ3n) is 6.21. The van der Waals surface area contributed by atoms with E-state index in [1.165, 1.54) is 13.2 Å². The van der Waals surface area contributed by atoms with E-state index in [0.717, 1.165) is 16.6 Å². The average Bonchev–Trinajstić information content (AvgIpc) is 3.19. The van der Waals surface area contributed by atoms with E-state index < -0.39 is 5.54 Å². The first-order chi connectivity index (χ1) is 15.9. The van der Waals surface area contributed by atoms with Gasteiger partial charge >= 0.3 is 0 Å². The molecule has 2 aromatic carbocycles. The van der Waals surface area contributed by atoms with Gasteiger partial charge in [-0.2, -0.15) is 0 Å². The van der Waals surface area contributed by atoms with Gasteiger partial charge in [-0.05, 0) is 60.7 Å². The molecule has 172 valence electrons. The third kappa shape index (κ3) is 5.27. The number of carbonyl (C=O) groups is 2. The molecule has 1 aliphatic heterocycles. The summed E-state index contributed by atoms with van der Waals surface area (Å²) in [4.78, 5) is 35.2. The summed E-state index contributed by atoms with van der Waals surface area (Å²) >= 11 is 0. The highest BCUT2D eigenvalue weighted by molar-refractivity contribution is 5.80. The predicted molar refractivity (Wildman–Crippen MR) is 122 cm³/mol. The number of fused-ring (bicyclic) bond motifs is 1. The number of carbonyl (C=O) groups excluding carboxylic acids is 2. The summed E-state index contributed by atoms with van der Waals surface area (Å²) in [6.45, 7) is 0.440. The zero-order valence-corrected chi connectivity index (χ0v) is 18.8. The minimum Gasteiger partial charge on any atom is -0.497 e. The Hall–Kier alpha value is -3.55. The fourth-order valence-corrected chi connectivity index (χ4v) is 4.37. The number of ether oxygens (including phenoxy) is 1. The van der Waals surface area contributed by atoms with Crippen LogP contribution in [0.2, 0.25) is 0 Å². The molecule has 0 spiro atoms. The summed E-state index contributed by atoms with van der Waals surface area (Å²) < 4.78 is 19.7. The Labute approximate surface area is 192 Å². The lowest BCUT2D eigenvalue weighted by Gasteiger charge is -2.30. The third-order valence-corrected chi connectivity index (χ3v) is 6.21. The van der Waals surface area contributed by atoms with E-state index in [-0.39, 0.29) is 24.1 Å². The zero-order valence-electron chi connectivity index (χ0n) is 18.8. The Morgan fingerprint density at radius 2 is 1.97 bits per heavy atom. The maximum atomic E-state index is 14.5.